The molecule has 0 aliphatic heterocycles. The Morgan fingerprint density at radius 1 is 0.875 bits per heavy atom. The van der Waals surface area contributed by atoms with Gasteiger partial charge in [0.05, 0.1) is 22.4 Å². The van der Waals surface area contributed by atoms with Gasteiger partial charge in [-0.3, -0.25) is 0 Å². The third-order valence-corrected chi connectivity index (χ3v) is 5.41. The van der Waals surface area contributed by atoms with E-state index in [1.54, 1.807) is 6.20 Å². The third kappa shape index (κ3) is 4.56. The molecular weight excluding hydrogens is 420 g/mol. The topological polar surface area (TPSA) is 48.2 Å². The molecule has 156 valence electrons. The fraction of sp³-hybridized carbons (Fsp3) is 0.0370. The monoisotopic (exact) mass is 438 g/mol. The molecule has 0 fully saturated rings. The van der Waals surface area contributed by atoms with Gasteiger partial charge in [0.25, 0.3) is 0 Å². The van der Waals surface area contributed by atoms with E-state index in [0.29, 0.717) is 17.4 Å². The average Bonchev–Trinajstić information content (AvgIpc) is 3.37. The normalized spacial score (nSPS) is 11.3. The number of hydrogen-bond acceptors (Lipinski definition) is 4. The Labute approximate surface area is 190 Å². The second-order valence-corrected chi connectivity index (χ2v) is 7.70. The van der Waals surface area contributed by atoms with Gasteiger partial charge in [-0.1, -0.05) is 66.2 Å². The average molecular weight is 439 g/mol. The Morgan fingerprint density at radius 3 is 2.53 bits per heavy atom. The molecule has 0 saturated heterocycles. The summed E-state index contributed by atoms with van der Waals surface area (Å²) in [4.78, 5) is 8.61. The minimum Gasteiger partial charge on any atom is -0.487 e. The molecule has 0 spiro atoms. The molecule has 5 heteroatoms. The van der Waals surface area contributed by atoms with Crippen molar-refractivity contribution >= 4 is 34.7 Å². The molecule has 0 amide bonds. The number of pyridine rings is 1. The predicted molar refractivity (Wildman–Crippen MR) is 128 cm³/mol. The van der Waals surface area contributed by atoms with Gasteiger partial charge in [0.1, 0.15) is 12.4 Å². The van der Waals surface area contributed by atoms with Crippen molar-refractivity contribution in [3.05, 3.63) is 113 Å². The van der Waals surface area contributed by atoms with E-state index in [1.807, 2.05) is 78.9 Å². The molecule has 0 N–H and O–H groups in total. The molecule has 0 bridgehead atoms. The Morgan fingerprint density at radius 2 is 1.69 bits per heavy atom. The summed E-state index contributed by atoms with van der Waals surface area (Å²) < 4.78 is 11.3. The molecule has 5 aromatic rings. The molecule has 0 atom stereocenters. The minimum atomic E-state index is 0.426. The van der Waals surface area contributed by atoms with Crippen molar-refractivity contribution in [1.29, 1.82) is 0 Å². The van der Waals surface area contributed by atoms with Crippen LogP contribution in [-0.2, 0) is 6.61 Å². The minimum absolute atomic E-state index is 0.426. The number of nitrogens with zero attached hydrogens (tertiary/aromatic N) is 2. The van der Waals surface area contributed by atoms with Crippen LogP contribution in [0.3, 0.4) is 0 Å². The smallest absolute Gasteiger partial charge is 0.181 e. The van der Waals surface area contributed by atoms with E-state index in [-0.39, 0.29) is 0 Å². The van der Waals surface area contributed by atoms with Gasteiger partial charge in [-0.25, -0.2) is 9.97 Å². The molecule has 0 radical (unpaired) electrons. The van der Waals surface area contributed by atoms with Crippen molar-refractivity contribution in [2.75, 3.05) is 0 Å². The highest BCUT2D eigenvalue weighted by molar-refractivity contribution is 6.33. The Bertz CT molecular complexity index is 1380. The van der Waals surface area contributed by atoms with Crippen LogP contribution in [0.5, 0.6) is 5.75 Å². The largest absolute Gasteiger partial charge is 0.487 e. The maximum atomic E-state index is 6.29. The van der Waals surface area contributed by atoms with Crippen molar-refractivity contribution in [2.24, 2.45) is 0 Å². The van der Waals surface area contributed by atoms with Crippen LogP contribution < -0.4 is 4.74 Å². The number of ether oxygens (including phenoxy) is 1. The molecule has 2 heterocycles. The summed E-state index contributed by atoms with van der Waals surface area (Å²) in [5.74, 6) is 1.45. The number of halogens is 1. The zero-order valence-electron chi connectivity index (χ0n) is 17.1. The maximum Gasteiger partial charge on any atom is 0.181 e. The van der Waals surface area contributed by atoms with Crippen LogP contribution in [0.4, 0.5) is 0 Å². The van der Waals surface area contributed by atoms with Crippen LogP contribution >= 0.6 is 11.6 Å². The number of fused-ring (bicyclic) bond motifs is 1. The first-order chi connectivity index (χ1) is 15.7. The van der Waals surface area contributed by atoms with Crippen LogP contribution in [0, 0.1) is 0 Å². The van der Waals surface area contributed by atoms with Gasteiger partial charge in [0, 0.05) is 10.9 Å². The van der Waals surface area contributed by atoms with Gasteiger partial charge in [0.2, 0.25) is 0 Å². The van der Waals surface area contributed by atoms with Gasteiger partial charge in [-0.05, 0) is 47.5 Å². The SMILES string of the molecule is Clc1ccc(C=Cc2ccc(OCc3ccc4ccccc4n3)cc2)cc1-c1cnco1. The van der Waals surface area contributed by atoms with E-state index in [0.717, 1.165) is 39.0 Å². The first kappa shape index (κ1) is 20.0. The number of hydrogen-bond donors (Lipinski definition) is 0. The van der Waals surface area contributed by atoms with Gasteiger partial charge in [0.15, 0.2) is 12.2 Å². The van der Waals surface area contributed by atoms with Crippen LogP contribution in [0.15, 0.2) is 95.9 Å². The second kappa shape index (κ2) is 9.08. The summed E-state index contributed by atoms with van der Waals surface area (Å²) in [6.45, 7) is 0.426. The van der Waals surface area contributed by atoms with Crippen LogP contribution in [0.2, 0.25) is 5.02 Å². The molecule has 2 aromatic heterocycles. The quantitative estimate of drug-likeness (QED) is 0.261. The van der Waals surface area contributed by atoms with Crippen LogP contribution in [0.25, 0.3) is 34.4 Å². The van der Waals surface area contributed by atoms with E-state index in [2.05, 4.69) is 22.1 Å². The molecule has 3 aromatic carbocycles. The van der Waals surface area contributed by atoms with Gasteiger partial charge in [-0.2, -0.15) is 0 Å². The lowest BCUT2D eigenvalue weighted by atomic mass is 10.1. The number of aromatic nitrogens is 2. The summed E-state index contributed by atoms with van der Waals surface area (Å²) in [7, 11) is 0. The highest BCUT2D eigenvalue weighted by atomic mass is 35.5. The number of oxazole rings is 1. The van der Waals surface area contributed by atoms with Gasteiger partial charge < -0.3 is 9.15 Å². The zero-order chi connectivity index (χ0) is 21.8. The molecule has 0 aliphatic carbocycles. The van der Waals surface area contributed by atoms with E-state index in [9.17, 15) is 0 Å². The summed E-state index contributed by atoms with van der Waals surface area (Å²) in [5, 5.41) is 1.75. The fourth-order valence-corrected chi connectivity index (χ4v) is 3.61. The zero-order valence-corrected chi connectivity index (χ0v) is 17.9. The standard InChI is InChI=1S/C27H19ClN2O2/c28-25-14-9-20(15-24(25)27-16-29-18-32-27)6-5-19-7-12-23(13-8-19)31-17-22-11-10-21-3-1-2-4-26(21)30-22/h1-16,18H,17H2. The highest BCUT2D eigenvalue weighted by Crippen LogP contribution is 2.29. The predicted octanol–water partition coefficient (Wildman–Crippen LogP) is 7.29. The van der Waals surface area contributed by atoms with Crippen LogP contribution in [0.1, 0.15) is 16.8 Å². The fourth-order valence-electron chi connectivity index (χ4n) is 3.40. The lowest BCUT2D eigenvalue weighted by Crippen LogP contribution is -1.98. The summed E-state index contributed by atoms with van der Waals surface area (Å²) in [6, 6.07) is 25.9. The second-order valence-electron chi connectivity index (χ2n) is 7.29. The molecule has 0 saturated carbocycles. The molecule has 5 rings (SSSR count). The first-order valence-electron chi connectivity index (χ1n) is 10.2. The van der Waals surface area contributed by atoms with E-state index < -0.39 is 0 Å². The summed E-state index contributed by atoms with van der Waals surface area (Å²) >= 11 is 6.29. The van der Waals surface area contributed by atoms with E-state index in [4.69, 9.17) is 20.8 Å². The molecule has 0 aliphatic rings. The van der Waals surface area contributed by atoms with E-state index in [1.165, 1.54) is 6.39 Å². The number of benzene rings is 3. The molecule has 4 nitrogen and oxygen atoms in total. The lowest BCUT2D eigenvalue weighted by molar-refractivity contribution is 0.302. The van der Waals surface area contributed by atoms with Crippen molar-refractivity contribution < 1.29 is 9.15 Å². The Hall–Kier alpha value is -3.89. The van der Waals surface area contributed by atoms with E-state index >= 15 is 0 Å². The third-order valence-electron chi connectivity index (χ3n) is 5.08. The Balaban J connectivity index is 1.24. The molecule has 32 heavy (non-hydrogen) atoms. The maximum absolute atomic E-state index is 6.29. The van der Waals surface area contributed by atoms with Crippen molar-refractivity contribution in [2.45, 2.75) is 6.61 Å². The van der Waals surface area contributed by atoms with Crippen molar-refractivity contribution in [1.82, 2.24) is 9.97 Å². The summed E-state index contributed by atoms with van der Waals surface area (Å²) in [5.41, 5.74) is 4.78. The first-order valence-corrected chi connectivity index (χ1v) is 10.6. The van der Waals surface area contributed by atoms with Crippen molar-refractivity contribution in [3.63, 3.8) is 0 Å². The summed E-state index contributed by atoms with van der Waals surface area (Å²) in [6.07, 6.45) is 7.13. The lowest BCUT2D eigenvalue weighted by Gasteiger charge is -2.07. The number of para-hydroxylation sites is 1. The number of rotatable bonds is 6. The Kier molecular flexibility index (Phi) is 5.69. The van der Waals surface area contributed by atoms with Gasteiger partial charge in [-0.15, -0.1) is 0 Å². The highest BCUT2D eigenvalue weighted by Gasteiger charge is 2.07. The van der Waals surface area contributed by atoms with Crippen LogP contribution in [-0.4, -0.2) is 9.97 Å². The molecular formula is C27H19ClN2O2. The van der Waals surface area contributed by atoms with Crippen molar-refractivity contribution in [3.8, 4) is 17.1 Å². The molecule has 0 unspecified atom stereocenters. The van der Waals surface area contributed by atoms with Gasteiger partial charge >= 0.3 is 0 Å².